The normalized spacial score (nSPS) is 11.0. The molecule has 3 heterocycles. The zero-order valence-corrected chi connectivity index (χ0v) is 15.2. The number of carbonyl (C=O) groups is 1. The van der Waals surface area contributed by atoms with Crippen LogP contribution in [0.4, 0.5) is 9.52 Å². The number of pyridine rings is 1. The second kappa shape index (κ2) is 6.68. The largest absolute Gasteiger partial charge is 0.303 e. The highest BCUT2D eigenvalue weighted by atomic mass is 35.5. The Bertz CT molecular complexity index is 1140. The lowest BCUT2D eigenvalue weighted by atomic mass is 10.2. The molecule has 130 valence electrons. The van der Waals surface area contributed by atoms with E-state index in [0.717, 1.165) is 5.56 Å². The van der Waals surface area contributed by atoms with Gasteiger partial charge in [0.25, 0.3) is 5.91 Å². The van der Waals surface area contributed by atoms with Gasteiger partial charge in [-0.1, -0.05) is 23.2 Å². The fraction of sp³-hybridized carbons (Fsp3) is 0. The van der Waals surface area contributed by atoms with Crippen molar-refractivity contribution in [3.63, 3.8) is 0 Å². The molecule has 4 rings (SSSR count). The first kappa shape index (κ1) is 17.0. The maximum atomic E-state index is 13.2. The van der Waals surface area contributed by atoms with Crippen LogP contribution in [0, 0.1) is 5.82 Å². The molecule has 3 aromatic heterocycles. The Hall–Kier alpha value is -2.48. The summed E-state index contributed by atoms with van der Waals surface area (Å²) in [4.78, 5) is 20.9. The molecule has 0 aliphatic heterocycles. The van der Waals surface area contributed by atoms with E-state index in [2.05, 4.69) is 15.3 Å². The molecule has 0 atom stereocenters. The van der Waals surface area contributed by atoms with Crippen LogP contribution >= 0.6 is 34.5 Å². The summed E-state index contributed by atoms with van der Waals surface area (Å²) in [6.07, 6.45) is 2.71. The lowest BCUT2D eigenvalue weighted by molar-refractivity contribution is 0.102. The molecule has 0 radical (unpaired) electrons. The summed E-state index contributed by atoms with van der Waals surface area (Å²) >= 11 is 13.3. The summed E-state index contributed by atoms with van der Waals surface area (Å²) in [6, 6.07) is 7.90. The highest BCUT2D eigenvalue weighted by Crippen LogP contribution is 2.32. The summed E-state index contributed by atoms with van der Waals surface area (Å²) in [7, 11) is 0. The van der Waals surface area contributed by atoms with Crippen molar-refractivity contribution in [3.05, 3.63) is 69.7 Å². The molecule has 1 amide bonds. The summed E-state index contributed by atoms with van der Waals surface area (Å²) in [5.74, 6) is -0.844. The van der Waals surface area contributed by atoms with Crippen LogP contribution in [0.25, 0.3) is 16.9 Å². The number of fused-ring (bicyclic) bond motifs is 1. The first-order valence-corrected chi connectivity index (χ1v) is 9.00. The number of carbonyl (C=O) groups excluding carboxylic acids is 1. The van der Waals surface area contributed by atoms with Gasteiger partial charge in [-0.15, -0.1) is 11.3 Å². The van der Waals surface area contributed by atoms with Gasteiger partial charge < -0.3 is 4.40 Å². The number of benzene rings is 1. The van der Waals surface area contributed by atoms with Gasteiger partial charge in [-0.05, 0) is 30.3 Å². The van der Waals surface area contributed by atoms with Gasteiger partial charge in [-0.2, -0.15) is 0 Å². The number of nitrogens with one attached hydrogen (secondary N) is 1. The number of hydrogen-bond acceptors (Lipinski definition) is 4. The Labute approximate surface area is 161 Å². The highest BCUT2D eigenvalue weighted by molar-refractivity contribution is 7.14. The summed E-state index contributed by atoms with van der Waals surface area (Å²) in [5.41, 5.74) is 1.99. The number of amides is 1. The predicted molar refractivity (Wildman–Crippen MR) is 101 cm³/mol. The second-order valence-electron chi connectivity index (χ2n) is 5.36. The lowest BCUT2D eigenvalue weighted by Crippen LogP contribution is -2.12. The van der Waals surface area contributed by atoms with E-state index in [0.29, 0.717) is 26.5 Å². The Morgan fingerprint density at radius 2 is 2.00 bits per heavy atom. The Morgan fingerprint density at radius 3 is 2.81 bits per heavy atom. The van der Waals surface area contributed by atoms with Crippen molar-refractivity contribution in [2.45, 2.75) is 0 Å². The average Bonchev–Trinajstić information content (AvgIpc) is 3.21. The molecule has 0 spiro atoms. The van der Waals surface area contributed by atoms with Crippen LogP contribution in [0.5, 0.6) is 0 Å². The van der Waals surface area contributed by atoms with Gasteiger partial charge in [0.2, 0.25) is 0 Å². The monoisotopic (exact) mass is 406 g/mol. The highest BCUT2D eigenvalue weighted by Gasteiger charge is 2.15. The number of hydrogen-bond donors (Lipinski definition) is 1. The van der Waals surface area contributed by atoms with Crippen molar-refractivity contribution >= 4 is 51.2 Å². The molecule has 0 aliphatic rings. The maximum Gasteiger partial charge on any atom is 0.277 e. The van der Waals surface area contributed by atoms with Gasteiger partial charge in [-0.25, -0.2) is 14.4 Å². The number of aromatic nitrogens is 3. The standard InChI is InChI=1S/C17H9Cl2FN4OS/c18-9-1-3-11(12(19)5-9)14-8-26-17(22-14)23-16(25)13-7-24-6-10(20)2-4-15(24)21-13/h1-8H,(H,22,23,25). The summed E-state index contributed by atoms with van der Waals surface area (Å²) in [5, 5.41) is 5.88. The van der Waals surface area contributed by atoms with Crippen LogP contribution in [0.2, 0.25) is 10.0 Å². The van der Waals surface area contributed by atoms with E-state index in [1.54, 1.807) is 23.6 Å². The summed E-state index contributed by atoms with van der Waals surface area (Å²) < 4.78 is 14.7. The number of thiazole rings is 1. The third-order valence-corrected chi connectivity index (χ3v) is 4.88. The first-order chi connectivity index (χ1) is 12.5. The third kappa shape index (κ3) is 3.29. The molecule has 1 N–H and O–H groups in total. The quantitative estimate of drug-likeness (QED) is 0.511. The van der Waals surface area contributed by atoms with Crippen molar-refractivity contribution in [2.24, 2.45) is 0 Å². The van der Waals surface area contributed by atoms with Gasteiger partial charge in [0.15, 0.2) is 5.13 Å². The van der Waals surface area contributed by atoms with Crippen LogP contribution in [0.3, 0.4) is 0 Å². The minimum absolute atomic E-state index is 0.164. The molecule has 0 unspecified atom stereocenters. The smallest absolute Gasteiger partial charge is 0.277 e. The van der Waals surface area contributed by atoms with Crippen molar-refractivity contribution in [2.75, 3.05) is 5.32 Å². The zero-order valence-electron chi connectivity index (χ0n) is 12.9. The SMILES string of the molecule is O=C(Nc1nc(-c2ccc(Cl)cc2Cl)cs1)c1cn2cc(F)ccc2n1. The predicted octanol–water partition coefficient (Wildman–Crippen LogP) is 5.16. The van der Waals surface area contributed by atoms with E-state index >= 15 is 0 Å². The molecular formula is C17H9Cl2FN4OS. The molecule has 9 heteroatoms. The van der Waals surface area contributed by atoms with Gasteiger partial charge in [0, 0.05) is 28.4 Å². The van der Waals surface area contributed by atoms with Crippen LogP contribution in [-0.2, 0) is 0 Å². The van der Waals surface area contributed by atoms with E-state index in [-0.39, 0.29) is 5.69 Å². The van der Waals surface area contributed by atoms with E-state index in [9.17, 15) is 9.18 Å². The number of anilines is 1. The van der Waals surface area contributed by atoms with Gasteiger partial charge in [0.05, 0.1) is 10.7 Å². The van der Waals surface area contributed by atoms with Crippen molar-refractivity contribution in [3.8, 4) is 11.3 Å². The Balaban J connectivity index is 1.57. The fourth-order valence-electron chi connectivity index (χ4n) is 2.39. The first-order valence-electron chi connectivity index (χ1n) is 7.36. The third-order valence-electron chi connectivity index (χ3n) is 3.58. The fourth-order valence-corrected chi connectivity index (χ4v) is 3.60. The second-order valence-corrected chi connectivity index (χ2v) is 7.06. The van der Waals surface area contributed by atoms with Crippen LogP contribution in [0.15, 0.2) is 48.1 Å². The van der Waals surface area contributed by atoms with E-state index in [1.165, 1.54) is 40.3 Å². The van der Waals surface area contributed by atoms with Gasteiger partial charge in [-0.3, -0.25) is 10.1 Å². The number of halogens is 3. The number of imidazole rings is 1. The molecule has 0 saturated carbocycles. The van der Waals surface area contributed by atoms with E-state index in [1.807, 2.05) is 0 Å². The Kier molecular flexibility index (Phi) is 4.36. The minimum atomic E-state index is -0.433. The molecule has 0 aliphatic carbocycles. The average molecular weight is 407 g/mol. The van der Waals surface area contributed by atoms with Crippen LogP contribution in [-0.4, -0.2) is 20.3 Å². The molecule has 26 heavy (non-hydrogen) atoms. The van der Waals surface area contributed by atoms with Crippen molar-refractivity contribution in [1.82, 2.24) is 14.4 Å². The van der Waals surface area contributed by atoms with Crippen molar-refractivity contribution < 1.29 is 9.18 Å². The Morgan fingerprint density at radius 1 is 1.15 bits per heavy atom. The molecule has 4 aromatic rings. The number of rotatable bonds is 3. The van der Waals surface area contributed by atoms with Crippen LogP contribution in [0.1, 0.15) is 10.5 Å². The molecule has 1 aromatic carbocycles. The van der Waals surface area contributed by atoms with Crippen LogP contribution < -0.4 is 5.32 Å². The van der Waals surface area contributed by atoms with Gasteiger partial charge in [0.1, 0.15) is 17.2 Å². The van der Waals surface area contributed by atoms with Gasteiger partial charge >= 0.3 is 0 Å². The van der Waals surface area contributed by atoms with Crippen molar-refractivity contribution in [1.29, 1.82) is 0 Å². The molecule has 0 fully saturated rings. The van der Waals surface area contributed by atoms with E-state index < -0.39 is 11.7 Å². The molecule has 0 bridgehead atoms. The molecule has 5 nitrogen and oxygen atoms in total. The zero-order chi connectivity index (χ0) is 18.3. The lowest BCUT2D eigenvalue weighted by Gasteiger charge is -2.01. The van der Waals surface area contributed by atoms with E-state index in [4.69, 9.17) is 23.2 Å². The topological polar surface area (TPSA) is 59.3 Å². The number of nitrogens with zero attached hydrogens (tertiary/aromatic N) is 3. The maximum absolute atomic E-state index is 13.2. The molecular weight excluding hydrogens is 398 g/mol. The molecule has 0 saturated heterocycles. The summed E-state index contributed by atoms with van der Waals surface area (Å²) in [6.45, 7) is 0. The minimum Gasteiger partial charge on any atom is -0.303 e.